The Morgan fingerprint density at radius 2 is 1.58 bits per heavy atom. The third kappa shape index (κ3) is 2.61. The van der Waals surface area contributed by atoms with E-state index >= 15 is 0 Å². The quantitative estimate of drug-likeness (QED) is 0.318. The molecule has 0 spiro atoms. The van der Waals surface area contributed by atoms with Gasteiger partial charge in [0.1, 0.15) is 7.05 Å². The van der Waals surface area contributed by atoms with Crippen molar-refractivity contribution in [3.05, 3.63) is 65.2 Å². The van der Waals surface area contributed by atoms with E-state index in [-0.39, 0.29) is 0 Å². The highest BCUT2D eigenvalue weighted by molar-refractivity contribution is 5.47. The predicted molar refractivity (Wildman–Crippen MR) is 72.0 cm³/mol. The summed E-state index contributed by atoms with van der Waals surface area (Å²) in [7, 11) is 1.76. The summed E-state index contributed by atoms with van der Waals surface area (Å²) in [4.78, 5) is 0. The van der Waals surface area contributed by atoms with E-state index < -0.39 is 41.2 Å². The molecule has 0 bridgehead atoms. The average molecular weight is 341 g/mol. The van der Waals surface area contributed by atoms with Gasteiger partial charge in [-0.05, 0) is 6.07 Å². The lowest BCUT2D eigenvalue weighted by molar-refractivity contribution is -0.660. The number of aromatic nitrogens is 4. The monoisotopic (exact) mass is 341 g/mol. The summed E-state index contributed by atoms with van der Waals surface area (Å²) in [6, 6.07) is 5.30. The van der Waals surface area contributed by atoms with Gasteiger partial charge in [-0.1, -0.05) is 5.21 Å². The standard InChI is InChI=1S/C15H10F5N4/c1-23-5-3-2-4-10(23)9-7-24(22-21-9)6-8-11(16)13(18)15(20)14(19)12(8)17/h2-5,7H,6H2,1H3/q+1. The van der Waals surface area contributed by atoms with E-state index in [4.69, 9.17) is 0 Å². The van der Waals surface area contributed by atoms with Crippen LogP contribution in [0.5, 0.6) is 0 Å². The van der Waals surface area contributed by atoms with Crippen LogP contribution in [-0.4, -0.2) is 15.0 Å². The number of pyridine rings is 1. The summed E-state index contributed by atoms with van der Waals surface area (Å²) in [5.41, 5.74) is 0.0865. The molecule has 0 N–H and O–H groups in total. The smallest absolute Gasteiger partial charge is 0.234 e. The summed E-state index contributed by atoms with van der Waals surface area (Å²) in [5, 5.41) is 7.53. The fraction of sp³-hybridized carbons (Fsp3) is 0.133. The third-order valence-corrected chi connectivity index (χ3v) is 3.48. The highest BCUT2D eigenvalue weighted by Gasteiger charge is 2.26. The van der Waals surface area contributed by atoms with Crippen molar-refractivity contribution in [1.82, 2.24) is 15.0 Å². The minimum Gasteiger partial charge on any atom is -0.247 e. The van der Waals surface area contributed by atoms with Crippen LogP contribution in [0.15, 0.2) is 30.6 Å². The van der Waals surface area contributed by atoms with Gasteiger partial charge in [-0.2, -0.15) is 4.57 Å². The summed E-state index contributed by atoms with van der Waals surface area (Å²) >= 11 is 0. The molecule has 0 aliphatic rings. The molecule has 1 aromatic carbocycles. The SMILES string of the molecule is C[n+]1ccccc1-c1cn(Cc2c(F)c(F)c(F)c(F)c2F)nn1. The summed E-state index contributed by atoms with van der Waals surface area (Å²) in [6.07, 6.45) is 3.12. The lowest BCUT2D eigenvalue weighted by Crippen LogP contribution is -2.30. The first-order valence-electron chi connectivity index (χ1n) is 6.75. The van der Waals surface area contributed by atoms with Gasteiger partial charge in [-0.25, -0.2) is 26.6 Å². The molecular formula is C15H10F5N4+. The lowest BCUT2D eigenvalue weighted by atomic mass is 10.1. The molecule has 0 saturated heterocycles. The van der Waals surface area contributed by atoms with E-state index in [0.717, 1.165) is 4.68 Å². The van der Waals surface area contributed by atoms with Gasteiger partial charge in [-0.3, -0.25) is 0 Å². The van der Waals surface area contributed by atoms with Crippen molar-refractivity contribution in [2.24, 2.45) is 7.05 Å². The van der Waals surface area contributed by atoms with Crippen molar-refractivity contribution < 1.29 is 26.5 Å². The predicted octanol–water partition coefficient (Wildman–Crippen LogP) is 2.51. The Balaban J connectivity index is 1.98. The Morgan fingerprint density at radius 1 is 0.958 bits per heavy atom. The maximum Gasteiger partial charge on any atom is 0.234 e. The Kier molecular flexibility index (Phi) is 4.00. The van der Waals surface area contributed by atoms with Crippen LogP contribution in [-0.2, 0) is 13.6 Å². The lowest BCUT2D eigenvalue weighted by Gasteiger charge is -2.07. The van der Waals surface area contributed by atoms with E-state index in [1.165, 1.54) is 6.20 Å². The molecule has 9 heteroatoms. The van der Waals surface area contributed by atoms with Crippen LogP contribution in [0.3, 0.4) is 0 Å². The van der Waals surface area contributed by atoms with Crippen molar-refractivity contribution in [2.75, 3.05) is 0 Å². The highest BCUT2D eigenvalue weighted by Crippen LogP contribution is 2.24. The molecule has 3 aromatic rings. The Labute approximate surface area is 132 Å². The molecule has 4 nitrogen and oxygen atoms in total. The Hall–Kier alpha value is -2.84. The molecule has 0 atom stereocenters. The minimum absolute atomic E-state index is 0.391. The number of hydrogen-bond acceptors (Lipinski definition) is 2. The van der Waals surface area contributed by atoms with Crippen molar-refractivity contribution in [3.63, 3.8) is 0 Å². The second-order valence-electron chi connectivity index (χ2n) is 5.05. The van der Waals surface area contributed by atoms with E-state index in [0.29, 0.717) is 11.4 Å². The first kappa shape index (κ1) is 16.0. The molecule has 2 aromatic heterocycles. The zero-order valence-electron chi connectivity index (χ0n) is 12.3. The molecule has 0 aliphatic carbocycles. The maximum absolute atomic E-state index is 13.7. The van der Waals surface area contributed by atoms with E-state index in [2.05, 4.69) is 10.3 Å². The fourth-order valence-corrected chi connectivity index (χ4v) is 2.23. The van der Waals surface area contributed by atoms with Crippen LogP contribution in [0.25, 0.3) is 11.4 Å². The van der Waals surface area contributed by atoms with Gasteiger partial charge in [0.25, 0.3) is 0 Å². The van der Waals surface area contributed by atoms with E-state index in [9.17, 15) is 22.0 Å². The number of hydrogen-bond donors (Lipinski definition) is 0. The normalized spacial score (nSPS) is 11.1. The van der Waals surface area contributed by atoms with E-state index in [1.54, 1.807) is 36.0 Å². The molecule has 24 heavy (non-hydrogen) atoms. The molecule has 0 radical (unpaired) electrons. The van der Waals surface area contributed by atoms with Crippen molar-refractivity contribution in [1.29, 1.82) is 0 Å². The zero-order chi connectivity index (χ0) is 17.4. The topological polar surface area (TPSA) is 34.6 Å². The number of rotatable bonds is 3. The van der Waals surface area contributed by atoms with Gasteiger partial charge in [0.15, 0.2) is 35.2 Å². The molecule has 0 aliphatic heterocycles. The third-order valence-electron chi connectivity index (χ3n) is 3.48. The van der Waals surface area contributed by atoms with Crippen LogP contribution < -0.4 is 4.57 Å². The second-order valence-corrected chi connectivity index (χ2v) is 5.05. The number of benzene rings is 1. The largest absolute Gasteiger partial charge is 0.247 e. The van der Waals surface area contributed by atoms with Gasteiger partial charge in [0.2, 0.25) is 11.5 Å². The molecule has 3 rings (SSSR count). The van der Waals surface area contributed by atoms with E-state index in [1.807, 2.05) is 0 Å². The Bertz CT molecular complexity index is 893. The first-order valence-corrected chi connectivity index (χ1v) is 6.75. The van der Waals surface area contributed by atoms with Crippen LogP contribution in [0, 0.1) is 29.1 Å². The minimum atomic E-state index is -2.19. The maximum atomic E-state index is 13.7. The number of halogens is 5. The molecule has 0 unspecified atom stereocenters. The molecule has 0 amide bonds. The number of nitrogens with zero attached hydrogens (tertiary/aromatic N) is 4. The van der Waals surface area contributed by atoms with Crippen LogP contribution in [0.1, 0.15) is 5.56 Å². The first-order chi connectivity index (χ1) is 11.4. The van der Waals surface area contributed by atoms with Gasteiger partial charge < -0.3 is 0 Å². The molecule has 0 fully saturated rings. The second kappa shape index (κ2) is 5.99. The fourth-order valence-electron chi connectivity index (χ4n) is 2.23. The molecule has 124 valence electrons. The average Bonchev–Trinajstić information content (AvgIpc) is 3.04. The number of aryl methyl sites for hydroxylation is 1. The zero-order valence-corrected chi connectivity index (χ0v) is 12.3. The molecule has 2 heterocycles. The van der Waals surface area contributed by atoms with Crippen molar-refractivity contribution in [2.45, 2.75) is 6.54 Å². The van der Waals surface area contributed by atoms with Crippen molar-refractivity contribution in [3.8, 4) is 11.4 Å². The highest BCUT2D eigenvalue weighted by atomic mass is 19.2. The molecule has 0 saturated carbocycles. The van der Waals surface area contributed by atoms with Crippen LogP contribution in [0.4, 0.5) is 22.0 Å². The van der Waals surface area contributed by atoms with Crippen LogP contribution in [0.2, 0.25) is 0 Å². The Morgan fingerprint density at radius 3 is 2.21 bits per heavy atom. The summed E-state index contributed by atoms with van der Waals surface area (Å²) < 4.78 is 69.6. The van der Waals surface area contributed by atoms with Gasteiger partial charge in [-0.15, -0.1) is 5.10 Å². The molecular weight excluding hydrogens is 331 g/mol. The van der Waals surface area contributed by atoms with Gasteiger partial charge in [0.05, 0.1) is 18.3 Å². The summed E-state index contributed by atoms with van der Waals surface area (Å²) in [6.45, 7) is -0.644. The van der Waals surface area contributed by atoms with Gasteiger partial charge in [0, 0.05) is 12.1 Å². The van der Waals surface area contributed by atoms with Gasteiger partial charge >= 0.3 is 0 Å². The van der Waals surface area contributed by atoms with Crippen LogP contribution >= 0.6 is 0 Å². The summed E-state index contributed by atoms with van der Waals surface area (Å²) in [5.74, 6) is -9.93. The van der Waals surface area contributed by atoms with Crippen molar-refractivity contribution >= 4 is 0 Å².